The summed E-state index contributed by atoms with van der Waals surface area (Å²) < 4.78 is 6.21. The minimum absolute atomic E-state index is 0.0344. The fraction of sp³-hybridized carbons (Fsp3) is 0.333. The first-order chi connectivity index (χ1) is 15.3. The molecule has 158 valence electrons. The lowest BCUT2D eigenvalue weighted by molar-refractivity contribution is -0.125. The monoisotopic (exact) mass is 415 g/mol. The lowest BCUT2D eigenvalue weighted by Crippen LogP contribution is -2.45. The lowest BCUT2D eigenvalue weighted by Gasteiger charge is -2.33. The molecule has 7 nitrogen and oxygen atoms in total. The number of hydrogen-bond acceptors (Lipinski definition) is 6. The number of nitrogens with zero attached hydrogens (tertiary/aromatic N) is 4. The molecular formula is C24H25N5O2. The van der Waals surface area contributed by atoms with Crippen LogP contribution in [-0.2, 0) is 11.2 Å². The second kappa shape index (κ2) is 8.71. The van der Waals surface area contributed by atoms with Crippen molar-refractivity contribution in [1.82, 2.24) is 20.3 Å². The molecule has 0 saturated carbocycles. The highest BCUT2D eigenvalue weighted by atomic mass is 16.5. The van der Waals surface area contributed by atoms with Crippen LogP contribution in [0, 0.1) is 5.92 Å². The lowest BCUT2D eigenvalue weighted by atomic mass is 9.97. The van der Waals surface area contributed by atoms with Gasteiger partial charge in [-0.25, -0.2) is 15.0 Å². The van der Waals surface area contributed by atoms with E-state index in [1.807, 2.05) is 30.3 Å². The van der Waals surface area contributed by atoms with Crippen molar-refractivity contribution in [2.75, 3.05) is 24.5 Å². The average Bonchev–Trinajstić information content (AvgIpc) is 3.27. The second-order valence-corrected chi connectivity index (χ2v) is 8.03. The van der Waals surface area contributed by atoms with Crippen LogP contribution in [0.1, 0.15) is 18.4 Å². The number of piperidine rings is 1. The predicted octanol–water partition coefficient (Wildman–Crippen LogP) is 2.87. The molecule has 1 saturated heterocycles. The van der Waals surface area contributed by atoms with Gasteiger partial charge in [0.1, 0.15) is 17.7 Å². The van der Waals surface area contributed by atoms with Crippen LogP contribution in [0.3, 0.4) is 0 Å². The van der Waals surface area contributed by atoms with Crippen LogP contribution >= 0.6 is 0 Å². The van der Waals surface area contributed by atoms with Crippen LogP contribution in [0.5, 0.6) is 5.75 Å². The van der Waals surface area contributed by atoms with E-state index in [0.29, 0.717) is 18.9 Å². The minimum atomic E-state index is -0.0840. The highest BCUT2D eigenvalue weighted by molar-refractivity contribution is 5.79. The predicted molar refractivity (Wildman–Crippen MR) is 118 cm³/mol. The van der Waals surface area contributed by atoms with E-state index < -0.39 is 0 Å². The van der Waals surface area contributed by atoms with Gasteiger partial charge < -0.3 is 15.0 Å². The van der Waals surface area contributed by atoms with Gasteiger partial charge in [0.05, 0.1) is 18.0 Å². The molecule has 5 rings (SSSR count). The first-order valence-corrected chi connectivity index (χ1v) is 10.8. The van der Waals surface area contributed by atoms with Crippen LogP contribution < -0.4 is 15.0 Å². The Morgan fingerprint density at radius 2 is 1.94 bits per heavy atom. The van der Waals surface area contributed by atoms with E-state index in [0.717, 1.165) is 48.5 Å². The number of fused-ring (bicyclic) bond motifs is 1. The molecule has 0 radical (unpaired) electrons. The van der Waals surface area contributed by atoms with E-state index in [1.54, 1.807) is 24.7 Å². The van der Waals surface area contributed by atoms with E-state index >= 15 is 0 Å². The Morgan fingerprint density at radius 3 is 2.77 bits per heavy atom. The Hall–Kier alpha value is -3.48. The third-order valence-corrected chi connectivity index (χ3v) is 5.90. The smallest absolute Gasteiger partial charge is 0.225 e. The van der Waals surface area contributed by atoms with Crippen LogP contribution in [0.4, 0.5) is 5.82 Å². The van der Waals surface area contributed by atoms with E-state index in [-0.39, 0.29) is 17.9 Å². The largest absolute Gasteiger partial charge is 0.487 e. The highest BCUT2D eigenvalue weighted by Crippen LogP contribution is 2.37. The van der Waals surface area contributed by atoms with Crippen molar-refractivity contribution < 1.29 is 9.53 Å². The van der Waals surface area contributed by atoms with Gasteiger partial charge in [0.2, 0.25) is 5.91 Å². The molecule has 0 bridgehead atoms. The maximum Gasteiger partial charge on any atom is 0.225 e. The summed E-state index contributed by atoms with van der Waals surface area (Å²) in [6.45, 7) is 2.12. The quantitative estimate of drug-likeness (QED) is 0.690. The third kappa shape index (κ3) is 4.21. The maximum absolute atomic E-state index is 12.9. The number of carbonyl (C=O) groups is 1. The number of nitrogens with one attached hydrogen (secondary N) is 1. The van der Waals surface area contributed by atoms with E-state index in [1.165, 1.54) is 0 Å². The van der Waals surface area contributed by atoms with Gasteiger partial charge in [0.15, 0.2) is 5.82 Å². The Bertz CT molecular complexity index is 1040. The number of anilines is 1. The molecular weight excluding hydrogens is 390 g/mol. The summed E-state index contributed by atoms with van der Waals surface area (Å²) in [5.74, 6) is 2.47. The highest BCUT2D eigenvalue weighted by Gasteiger charge is 2.30. The second-order valence-electron chi connectivity index (χ2n) is 8.03. The van der Waals surface area contributed by atoms with Gasteiger partial charge in [-0.2, -0.15) is 0 Å². The first-order valence-electron chi connectivity index (χ1n) is 10.8. The molecule has 0 aliphatic carbocycles. The molecule has 1 aromatic carbocycles. The summed E-state index contributed by atoms with van der Waals surface area (Å²) in [4.78, 5) is 28.2. The van der Waals surface area contributed by atoms with Gasteiger partial charge in [-0.3, -0.25) is 4.79 Å². The summed E-state index contributed by atoms with van der Waals surface area (Å²) in [6, 6.07) is 13.7. The molecule has 2 aliphatic heterocycles. The van der Waals surface area contributed by atoms with Gasteiger partial charge in [0, 0.05) is 38.1 Å². The van der Waals surface area contributed by atoms with Crippen molar-refractivity contribution in [3.63, 3.8) is 0 Å². The van der Waals surface area contributed by atoms with Crippen LogP contribution in [0.25, 0.3) is 11.4 Å². The van der Waals surface area contributed by atoms with E-state index in [9.17, 15) is 4.79 Å². The zero-order chi connectivity index (χ0) is 21.0. The van der Waals surface area contributed by atoms with Crippen LogP contribution in [-0.4, -0.2) is 46.6 Å². The van der Waals surface area contributed by atoms with Crippen molar-refractivity contribution in [3.05, 3.63) is 66.6 Å². The molecule has 2 unspecified atom stereocenters. The van der Waals surface area contributed by atoms with E-state index in [2.05, 4.69) is 31.2 Å². The third-order valence-electron chi connectivity index (χ3n) is 5.90. The number of pyridine rings is 1. The van der Waals surface area contributed by atoms with E-state index in [4.69, 9.17) is 4.74 Å². The van der Waals surface area contributed by atoms with Crippen molar-refractivity contribution in [1.29, 1.82) is 0 Å². The molecule has 0 spiro atoms. The van der Waals surface area contributed by atoms with Gasteiger partial charge in [-0.05, 0) is 42.7 Å². The van der Waals surface area contributed by atoms with Gasteiger partial charge in [-0.1, -0.05) is 18.2 Å². The number of carbonyl (C=O) groups excluding carboxylic acids is 1. The Kier molecular flexibility index (Phi) is 5.48. The zero-order valence-corrected chi connectivity index (χ0v) is 17.3. The number of hydrogen-bond donors (Lipinski definition) is 1. The zero-order valence-electron chi connectivity index (χ0n) is 17.3. The van der Waals surface area contributed by atoms with Crippen molar-refractivity contribution in [2.45, 2.75) is 25.4 Å². The molecule has 4 heterocycles. The number of rotatable bonds is 5. The molecule has 2 aliphatic rings. The minimum Gasteiger partial charge on any atom is -0.487 e. The molecule has 1 fully saturated rings. The first kappa shape index (κ1) is 19.5. The SMILES string of the molecule is O=C(NCC1Cc2cccc(-c3ncccn3)c2O1)C1CCCN(c2ccccn2)C1. The number of benzene rings is 1. The summed E-state index contributed by atoms with van der Waals surface area (Å²) in [6.07, 6.45) is 7.82. The normalized spacial score (nSPS) is 20.1. The molecule has 3 aromatic rings. The summed E-state index contributed by atoms with van der Waals surface area (Å²) in [5.41, 5.74) is 2.02. The maximum atomic E-state index is 12.9. The van der Waals surface area contributed by atoms with Crippen LogP contribution in [0.2, 0.25) is 0 Å². The van der Waals surface area contributed by atoms with Gasteiger partial charge >= 0.3 is 0 Å². The number of para-hydroxylation sites is 1. The molecule has 2 aromatic heterocycles. The van der Waals surface area contributed by atoms with Crippen molar-refractivity contribution >= 4 is 11.7 Å². The number of ether oxygens (including phenoxy) is 1. The molecule has 31 heavy (non-hydrogen) atoms. The van der Waals surface area contributed by atoms with Crippen LogP contribution in [0.15, 0.2) is 61.1 Å². The van der Waals surface area contributed by atoms with Crippen molar-refractivity contribution in [2.24, 2.45) is 5.92 Å². The Morgan fingerprint density at radius 1 is 1.06 bits per heavy atom. The molecule has 1 amide bonds. The topological polar surface area (TPSA) is 80.2 Å². The average molecular weight is 415 g/mol. The van der Waals surface area contributed by atoms with Gasteiger partial charge in [0.25, 0.3) is 0 Å². The standard InChI is InChI=1S/C24H25N5O2/c30-24(18-7-4-13-29(16-18)21-9-1-2-10-25-21)28-15-19-14-17-6-3-8-20(22(17)31-19)23-26-11-5-12-27-23/h1-3,5-6,8-12,18-19H,4,7,13-16H2,(H,28,30). The summed E-state index contributed by atoms with van der Waals surface area (Å²) >= 11 is 0. The molecule has 1 N–H and O–H groups in total. The fourth-order valence-corrected chi connectivity index (χ4v) is 4.37. The van der Waals surface area contributed by atoms with Crippen molar-refractivity contribution in [3.8, 4) is 17.1 Å². The number of amides is 1. The number of aromatic nitrogens is 3. The summed E-state index contributed by atoms with van der Waals surface area (Å²) in [5, 5.41) is 3.12. The molecule has 2 atom stereocenters. The summed E-state index contributed by atoms with van der Waals surface area (Å²) in [7, 11) is 0. The Labute approximate surface area is 181 Å². The van der Waals surface area contributed by atoms with Gasteiger partial charge in [-0.15, -0.1) is 0 Å². The Balaban J connectivity index is 1.19. The fourth-order valence-electron chi connectivity index (χ4n) is 4.37. The molecule has 7 heteroatoms.